The number of carboxylic acids is 1. The SMILES string of the molecule is Cc1ccc(S(N)(=O)=O)cc1.N[C@@H](Cc1ccccc1)C(=O)O. The predicted octanol–water partition coefficient (Wildman–Crippen LogP) is 1.28. The average molecular weight is 336 g/mol. The number of nitrogens with two attached hydrogens (primary N) is 2. The first-order valence-corrected chi connectivity index (χ1v) is 8.36. The van der Waals surface area contributed by atoms with Gasteiger partial charge in [0.05, 0.1) is 4.90 Å². The Kier molecular flexibility index (Phi) is 6.89. The number of aliphatic carboxylic acids is 1. The van der Waals surface area contributed by atoms with Gasteiger partial charge >= 0.3 is 5.97 Å². The molecule has 0 aliphatic carbocycles. The molecule has 0 heterocycles. The van der Waals surface area contributed by atoms with Crippen LogP contribution in [0.25, 0.3) is 0 Å². The van der Waals surface area contributed by atoms with Gasteiger partial charge in [0.2, 0.25) is 10.0 Å². The highest BCUT2D eigenvalue weighted by Crippen LogP contribution is 2.06. The van der Waals surface area contributed by atoms with Crippen LogP contribution in [0.1, 0.15) is 11.1 Å². The number of carboxylic acid groups (broad SMARTS) is 1. The van der Waals surface area contributed by atoms with E-state index in [4.69, 9.17) is 16.0 Å². The molecule has 0 radical (unpaired) electrons. The Balaban J connectivity index is 0.000000231. The third kappa shape index (κ3) is 7.05. The van der Waals surface area contributed by atoms with Crippen molar-refractivity contribution in [2.75, 3.05) is 0 Å². The lowest BCUT2D eigenvalue weighted by Gasteiger charge is -2.04. The molecule has 23 heavy (non-hydrogen) atoms. The van der Waals surface area contributed by atoms with Crippen LogP contribution in [0.15, 0.2) is 59.5 Å². The van der Waals surface area contributed by atoms with E-state index in [0.29, 0.717) is 6.42 Å². The van der Waals surface area contributed by atoms with Gasteiger partial charge in [0, 0.05) is 0 Å². The standard InChI is InChI=1S/C9H11NO2.C7H9NO2S/c10-8(9(11)12)6-7-4-2-1-3-5-7;1-6-2-4-7(5-3-6)11(8,9)10/h1-5,8H,6,10H2,(H,11,12);2-5H,1H3,(H2,8,9,10)/t8-;/m0./s1. The summed E-state index contributed by atoms with van der Waals surface area (Å²) in [5.74, 6) is -0.959. The van der Waals surface area contributed by atoms with Gasteiger partial charge in [0.25, 0.3) is 0 Å². The number of hydrogen-bond acceptors (Lipinski definition) is 4. The van der Waals surface area contributed by atoms with Gasteiger partial charge in [-0.2, -0.15) is 0 Å². The van der Waals surface area contributed by atoms with E-state index in [2.05, 4.69) is 0 Å². The number of carbonyl (C=O) groups is 1. The molecule has 0 saturated heterocycles. The normalized spacial score (nSPS) is 12.0. The highest BCUT2D eigenvalue weighted by Gasteiger charge is 2.10. The lowest BCUT2D eigenvalue weighted by Crippen LogP contribution is -2.32. The van der Waals surface area contributed by atoms with E-state index in [1.807, 2.05) is 37.3 Å². The Hall–Kier alpha value is -2.22. The molecule has 0 amide bonds. The van der Waals surface area contributed by atoms with Crippen molar-refractivity contribution in [3.63, 3.8) is 0 Å². The summed E-state index contributed by atoms with van der Waals surface area (Å²) in [4.78, 5) is 10.5. The average Bonchev–Trinajstić information content (AvgIpc) is 2.48. The fourth-order valence-electron chi connectivity index (χ4n) is 1.68. The monoisotopic (exact) mass is 336 g/mol. The van der Waals surface area contributed by atoms with Crippen molar-refractivity contribution < 1.29 is 18.3 Å². The predicted molar refractivity (Wildman–Crippen MR) is 88.3 cm³/mol. The topological polar surface area (TPSA) is 123 Å². The van der Waals surface area contributed by atoms with E-state index in [1.165, 1.54) is 12.1 Å². The zero-order chi connectivity index (χ0) is 17.5. The van der Waals surface area contributed by atoms with Crippen molar-refractivity contribution >= 4 is 16.0 Å². The summed E-state index contributed by atoms with van der Waals surface area (Å²) in [7, 11) is -3.52. The molecule has 0 saturated carbocycles. The summed E-state index contributed by atoms with van der Waals surface area (Å²) in [6.07, 6.45) is 0.385. The first-order chi connectivity index (χ1) is 10.7. The summed E-state index contributed by atoms with van der Waals surface area (Å²) >= 11 is 0. The van der Waals surface area contributed by atoms with Crippen molar-refractivity contribution in [3.8, 4) is 0 Å². The smallest absolute Gasteiger partial charge is 0.320 e. The number of benzene rings is 2. The maximum Gasteiger partial charge on any atom is 0.320 e. The first-order valence-electron chi connectivity index (χ1n) is 6.82. The molecule has 0 aliphatic rings. The van der Waals surface area contributed by atoms with Crippen molar-refractivity contribution in [2.24, 2.45) is 10.9 Å². The van der Waals surface area contributed by atoms with Gasteiger partial charge in [0.1, 0.15) is 6.04 Å². The molecule has 0 spiro atoms. The molecule has 0 bridgehead atoms. The van der Waals surface area contributed by atoms with Crippen molar-refractivity contribution in [1.29, 1.82) is 0 Å². The molecule has 0 unspecified atom stereocenters. The maximum atomic E-state index is 10.7. The van der Waals surface area contributed by atoms with Gasteiger partial charge in [-0.3, -0.25) is 4.79 Å². The molecule has 0 aliphatic heterocycles. The van der Waals surface area contributed by atoms with Crippen molar-refractivity contribution in [3.05, 3.63) is 65.7 Å². The summed E-state index contributed by atoms with van der Waals surface area (Å²) in [5.41, 5.74) is 7.31. The second-order valence-corrected chi connectivity index (χ2v) is 6.55. The highest BCUT2D eigenvalue weighted by molar-refractivity contribution is 7.89. The fraction of sp³-hybridized carbons (Fsp3) is 0.188. The number of primary sulfonamides is 1. The van der Waals surface area contributed by atoms with E-state index >= 15 is 0 Å². The second kappa shape index (κ2) is 8.42. The number of aryl methyl sites for hydroxylation is 1. The van der Waals surface area contributed by atoms with Crippen LogP contribution in [0.3, 0.4) is 0 Å². The van der Waals surface area contributed by atoms with Crippen LogP contribution in [-0.2, 0) is 21.2 Å². The molecular formula is C16H20N2O4S. The molecule has 1 atom stereocenters. The van der Waals surface area contributed by atoms with Gasteiger partial charge in [-0.15, -0.1) is 0 Å². The molecule has 2 aromatic rings. The summed E-state index contributed by atoms with van der Waals surface area (Å²) in [5, 5.41) is 13.4. The van der Waals surface area contributed by atoms with E-state index in [9.17, 15) is 13.2 Å². The Morgan fingerprint density at radius 2 is 1.61 bits per heavy atom. The van der Waals surface area contributed by atoms with Crippen LogP contribution in [-0.4, -0.2) is 25.5 Å². The van der Waals surface area contributed by atoms with E-state index in [1.54, 1.807) is 12.1 Å². The zero-order valence-electron chi connectivity index (χ0n) is 12.7. The maximum absolute atomic E-state index is 10.7. The molecule has 2 rings (SSSR count). The molecule has 7 heteroatoms. The van der Waals surface area contributed by atoms with Crippen LogP contribution in [0.2, 0.25) is 0 Å². The number of sulfonamides is 1. The van der Waals surface area contributed by atoms with Crippen LogP contribution in [0.4, 0.5) is 0 Å². The highest BCUT2D eigenvalue weighted by atomic mass is 32.2. The second-order valence-electron chi connectivity index (χ2n) is 4.99. The Bertz CT molecular complexity index is 728. The molecule has 5 N–H and O–H groups in total. The van der Waals surface area contributed by atoms with Crippen LogP contribution >= 0.6 is 0 Å². The lowest BCUT2D eigenvalue weighted by atomic mass is 10.1. The van der Waals surface area contributed by atoms with Gasteiger partial charge in [-0.05, 0) is 31.0 Å². The van der Waals surface area contributed by atoms with Crippen molar-refractivity contribution in [1.82, 2.24) is 0 Å². The molecule has 124 valence electrons. The minimum absolute atomic E-state index is 0.156. The van der Waals surface area contributed by atoms with Crippen LogP contribution < -0.4 is 10.9 Å². The van der Waals surface area contributed by atoms with Crippen LogP contribution in [0, 0.1) is 6.92 Å². The molecule has 0 fully saturated rings. The van der Waals surface area contributed by atoms with Gasteiger partial charge in [0.15, 0.2) is 0 Å². The molecule has 6 nitrogen and oxygen atoms in total. The Labute approximate surface area is 135 Å². The number of hydrogen-bond donors (Lipinski definition) is 3. The Morgan fingerprint density at radius 3 is 2.04 bits per heavy atom. The zero-order valence-corrected chi connectivity index (χ0v) is 13.5. The third-order valence-electron chi connectivity index (χ3n) is 2.97. The van der Waals surface area contributed by atoms with Crippen molar-refractivity contribution in [2.45, 2.75) is 24.3 Å². The summed E-state index contributed by atoms with van der Waals surface area (Å²) in [6.45, 7) is 1.88. The first kappa shape index (κ1) is 18.8. The van der Waals surface area contributed by atoms with Gasteiger partial charge in [-0.1, -0.05) is 48.0 Å². The fourth-order valence-corrected chi connectivity index (χ4v) is 2.20. The summed E-state index contributed by atoms with van der Waals surface area (Å²) < 4.78 is 21.4. The van der Waals surface area contributed by atoms with E-state index in [0.717, 1.165) is 11.1 Å². The summed E-state index contributed by atoms with van der Waals surface area (Å²) in [6, 6.07) is 14.9. The van der Waals surface area contributed by atoms with E-state index < -0.39 is 22.0 Å². The van der Waals surface area contributed by atoms with Gasteiger partial charge < -0.3 is 10.8 Å². The largest absolute Gasteiger partial charge is 0.480 e. The number of rotatable bonds is 4. The van der Waals surface area contributed by atoms with Crippen LogP contribution in [0.5, 0.6) is 0 Å². The minimum Gasteiger partial charge on any atom is -0.480 e. The minimum atomic E-state index is -3.52. The van der Waals surface area contributed by atoms with Gasteiger partial charge in [-0.25, -0.2) is 13.6 Å². The molecule has 2 aromatic carbocycles. The van der Waals surface area contributed by atoms with E-state index in [-0.39, 0.29) is 4.90 Å². The lowest BCUT2D eigenvalue weighted by molar-refractivity contribution is -0.138. The molecule has 0 aromatic heterocycles. The quantitative estimate of drug-likeness (QED) is 0.776. The third-order valence-corrected chi connectivity index (χ3v) is 3.89. The Morgan fingerprint density at radius 1 is 1.09 bits per heavy atom. The molecular weight excluding hydrogens is 316 g/mol.